The van der Waals surface area contributed by atoms with Crippen molar-refractivity contribution in [1.29, 1.82) is 0 Å². The quantitative estimate of drug-likeness (QED) is 0.787. The van der Waals surface area contributed by atoms with Crippen LogP contribution in [0.25, 0.3) is 0 Å². The van der Waals surface area contributed by atoms with E-state index in [2.05, 4.69) is 0 Å². The topological polar surface area (TPSA) is 46.6 Å². The molecular formula is C16H19NO3S. The maximum Gasteiger partial charge on any atom is 0.417 e. The van der Waals surface area contributed by atoms with Crippen molar-refractivity contribution in [3.05, 3.63) is 35.9 Å². The molecule has 2 heterocycles. The zero-order valence-electron chi connectivity index (χ0n) is 12.4. The van der Waals surface area contributed by atoms with Crippen molar-refractivity contribution in [1.82, 2.24) is 4.90 Å². The summed E-state index contributed by atoms with van der Waals surface area (Å²) in [5.74, 6) is -0.115. The second-order valence-electron chi connectivity index (χ2n) is 6.55. The van der Waals surface area contributed by atoms with E-state index < -0.39 is 6.09 Å². The Balaban J connectivity index is 1.75. The van der Waals surface area contributed by atoms with E-state index in [1.165, 1.54) is 4.90 Å². The summed E-state index contributed by atoms with van der Waals surface area (Å²) in [5, 5.41) is -0.00406. The normalized spacial score (nSPS) is 28.4. The summed E-state index contributed by atoms with van der Waals surface area (Å²) in [6.45, 7) is 6.36. The monoisotopic (exact) mass is 305 g/mol. The summed E-state index contributed by atoms with van der Waals surface area (Å²) in [6.07, 6.45) is -0.501. The van der Waals surface area contributed by atoms with Crippen LogP contribution in [0.3, 0.4) is 0 Å². The van der Waals surface area contributed by atoms with Crippen LogP contribution in [-0.2, 0) is 9.53 Å². The fraction of sp³-hybridized carbons (Fsp3) is 0.500. The number of ether oxygens (including phenoxy) is 1. The molecule has 3 atom stereocenters. The Morgan fingerprint density at radius 1 is 1.29 bits per heavy atom. The first kappa shape index (κ1) is 14.4. The van der Waals surface area contributed by atoms with Crippen molar-refractivity contribution in [2.75, 3.05) is 6.61 Å². The molecule has 5 heteroatoms. The lowest BCUT2D eigenvalue weighted by Gasteiger charge is -2.30. The van der Waals surface area contributed by atoms with Crippen LogP contribution in [0.15, 0.2) is 30.3 Å². The van der Waals surface area contributed by atoms with Crippen molar-refractivity contribution in [3.8, 4) is 0 Å². The Labute approximate surface area is 128 Å². The van der Waals surface area contributed by atoms with Gasteiger partial charge in [0.25, 0.3) is 0 Å². The van der Waals surface area contributed by atoms with Gasteiger partial charge < -0.3 is 4.74 Å². The van der Waals surface area contributed by atoms with Gasteiger partial charge in [0, 0.05) is 0 Å². The van der Waals surface area contributed by atoms with Crippen molar-refractivity contribution in [3.63, 3.8) is 0 Å². The minimum absolute atomic E-state index is 0.115. The van der Waals surface area contributed by atoms with Gasteiger partial charge in [-0.25, -0.2) is 9.69 Å². The molecular weight excluding hydrogens is 286 g/mol. The second-order valence-corrected chi connectivity index (χ2v) is 7.84. The Kier molecular flexibility index (Phi) is 3.48. The first-order valence-corrected chi connectivity index (χ1v) is 8.04. The van der Waals surface area contributed by atoms with Crippen LogP contribution in [0.4, 0.5) is 4.79 Å². The summed E-state index contributed by atoms with van der Waals surface area (Å²) < 4.78 is 5.10. The van der Waals surface area contributed by atoms with Crippen LogP contribution < -0.4 is 0 Å². The largest absolute Gasteiger partial charge is 0.447 e. The number of hydrogen-bond acceptors (Lipinski definition) is 4. The maximum atomic E-state index is 12.7. The number of rotatable bonds is 2. The highest BCUT2D eigenvalue weighted by Crippen LogP contribution is 2.56. The molecule has 2 aliphatic heterocycles. The molecule has 1 aromatic rings. The SMILES string of the molecule is CC(C)(C)[C@H]1COC(=O)N1C(=O)[C@@H]1S[C@@H]1c1ccccc1. The highest BCUT2D eigenvalue weighted by molar-refractivity contribution is 8.08. The highest BCUT2D eigenvalue weighted by Gasteiger charge is 2.53. The van der Waals surface area contributed by atoms with Crippen LogP contribution in [0, 0.1) is 5.41 Å². The molecule has 0 radical (unpaired) electrons. The predicted octanol–water partition coefficient (Wildman–Crippen LogP) is 3.24. The third-order valence-electron chi connectivity index (χ3n) is 3.97. The first-order valence-electron chi connectivity index (χ1n) is 7.10. The molecule has 0 unspecified atom stereocenters. The number of hydrogen-bond donors (Lipinski definition) is 0. The molecule has 0 N–H and O–H groups in total. The van der Waals surface area contributed by atoms with Gasteiger partial charge in [0.1, 0.15) is 11.9 Å². The molecule has 4 nitrogen and oxygen atoms in total. The molecule has 0 aromatic heterocycles. The van der Waals surface area contributed by atoms with Crippen LogP contribution in [0.2, 0.25) is 0 Å². The van der Waals surface area contributed by atoms with Gasteiger partial charge >= 0.3 is 6.09 Å². The lowest BCUT2D eigenvalue weighted by Crippen LogP contribution is -2.47. The Morgan fingerprint density at radius 3 is 2.57 bits per heavy atom. The van der Waals surface area contributed by atoms with E-state index in [0.717, 1.165) is 5.56 Å². The van der Waals surface area contributed by atoms with E-state index in [-0.39, 0.29) is 27.9 Å². The second kappa shape index (κ2) is 5.05. The third kappa shape index (κ3) is 2.67. The molecule has 112 valence electrons. The van der Waals surface area contributed by atoms with Crippen LogP contribution in [0.5, 0.6) is 0 Å². The number of amides is 2. The molecule has 0 spiro atoms. The summed E-state index contributed by atoms with van der Waals surface area (Å²) in [5.41, 5.74) is 0.963. The summed E-state index contributed by atoms with van der Waals surface area (Å²) in [7, 11) is 0. The van der Waals surface area contributed by atoms with Crippen molar-refractivity contribution < 1.29 is 14.3 Å². The van der Waals surface area contributed by atoms with Crippen LogP contribution in [-0.4, -0.2) is 34.8 Å². The minimum Gasteiger partial charge on any atom is -0.447 e. The Bertz CT molecular complexity index is 567. The molecule has 1 aromatic carbocycles. The van der Waals surface area contributed by atoms with E-state index in [1.807, 2.05) is 51.1 Å². The molecule has 0 bridgehead atoms. The zero-order valence-corrected chi connectivity index (χ0v) is 13.2. The van der Waals surface area contributed by atoms with Gasteiger partial charge in [-0.1, -0.05) is 51.1 Å². The summed E-state index contributed by atoms with van der Waals surface area (Å²) in [6, 6.07) is 9.76. The van der Waals surface area contributed by atoms with E-state index in [9.17, 15) is 9.59 Å². The minimum atomic E-state index is -0.501. The average Bonchev–Trinajstić information content (AvgIpc) is 3.14. The number of cyclic esters (lactones) is 1. The Morgan fingerprint density at radius 2 is 1.95 bits per heavy atom. The molecule has 0 saturated carbocycles. The number of carbonyl (C=O) groups is 2. The standard InChI is InChI=1S/C16H19NO3S/c1-16(2,3)11-9-20-15(19)17(11)14(18)13-12(21-13)10-7-5-4-6-8-10/h4-8,11-13H,9H2,1-3H3/t11-,12-,13-/m1/s1. The molecule has 2 saturated heterocycles. The van der Waals surface area contributed by atoms with Crippen molar-refractivity contribution >= 4 is 23.8 Å². The fourth-order valence-corrected chi connectivity index (χ4v) is 3.68. The number of thioether (sulfide) groups is 1. The molecule has 2 aliphatic rings. The first-order chi connectivity index (χ1) is 9.89. The lowest BCUT2D eigenvalue weighted by atomic mass is 9.86. The van der Waals surface area contributed by atoms with Gasteiger partial charge in [-0.2, -0.15) is 0 Å². The highest BCUT2D eigenvalue weighted by atomic mass is 32.2. The van der Waals surface area contributed by atoms with Crippen molar-refractivity contribution in [2.45, 2.75) is 37.3 Å². The molecule has 3 rings (SSSR count). The number of nitrogens with zero attached hydrogens (tertiary/aromatic N) is 1. The van der Waals surface area contributed by atoms with E-state index in [1.54, 1.807) is 11.8 Å². The fourth-order valence-electron chi connectivity index (χ4n) is 2.64. The van der Waals surface area contributed by atoms with E-state index in [0.29, 0.717) is 6.61 Å². The number of imide groups is 1. The van der Waals surface area contributed by atoms with Gasteiger partial charge in [-0.3, -0.25) is 4.79 Å². The summed E-state index contributed by atoms with van der Waals surface area (Å²) in [4.78, 5) is 25.9. The Hall–Kier alpha value is -1.49. The van der Waals surface area contributed by atoms with Gasteiger partial charge in [0.05, 0.1) is 11.3 Å². The average molecular weight is 305 g/mol. The summed E-state index contributed by atoms with van der Waals surface area (Å²) >= 11 is 1.60. The van der Waals surface area contributed by atoms with E-state index >= 15 is 0 Å². The molecule has 21 heavy (non-hydrogen) atoms. The predicted molar refractivity (Wildman–Crippen MR) is 82.0 cm³/mol. The van der Waals surface area contributed by atoms with Gasteiger partial charge in [-0.15, -0.1) is 11.8 Å². The molecule has 2 amide bonds. The number of carbonyl (C=O) groups excluding carboxylic acids is 2. The zero-order chi connectivity index (χ0) is 15.2. The maximum absolute atomic E-state index is 12.7. The molecule has 2 fully saturated rings. The van der Waals surface area contributed by atoms with Gasteiger partial charge in [0.2, 0.25) is 5.91 Å². The van der Waals surface area contributed by atoms with Gasteiger partial charge in [0.15, 0.2) is 0 Å². The lowest BCUT2D eigenvalue weighted by molar-refractivity contribution is -0.129. The third-order valence-corrected chi connectivity index (χ3v) is 5.26. The smallest absolute Gasteiger partial charge is 0.417 e. The molecule has 0 aliphatic carbocycles. The van der Waals surface area contributed by atoms with Gasteiger partial charge in [-0.05, 0) is 11.0 Å². The number of benzene rings is 1. The van der Waals surface area contributed by atoms with Crippen molar-refractivity contribution in [2.24, 2.45) is 5.41 Å². The van der Waals surface area contributed by atoms with Crippen LogP contribution >= 0.6 is 11.8 Å². The van der Waals surface area contributed by atoms with Crippen LogP contribution in [0.1, 0.15) is 31.6 Å². The van der Waals surface area contributed by atoms with E-state index in [4.69, 9.17) is 4.74 Å².